The molecule has 1 aliphatic rings. The Hall–Kier alpha value is -1.39. The highest BCUT2D eigenvalue weighted by Crippen LogP contribution is 2.36. The van der Waals surface area contributed by atoms with E-state index in [9.17, 15) is 0 Å². The molecule has 100 valence electrons. The van der Waals surface area contributed by atoms with E-state index in [-0.39, 0.29) is 0 Å². The zero-order valence-electron chi connectivity index (χ0n) is 11.3. The molecule has 0 bridgehead atoms. The molecule has 0 saturated heterocycles. The van der Waals surface area contributed by atoms with Crippen molar-refractivity contribution in [3.8, 4) is 16.3 Å². The Morgan fingerprint density at radius 2 is 2.21 bits per heavy atom. The minimum atomic E-state index is 0.596. The van der Waals surface area contributed by atoms with Crippen molar-refractivity contribution in [1.82, 2.24) is 10.3 Å². The topological polar surface area (TPSA) is 34.2 Å². The smallest absolute Gasteiger partial charge is 0.129 e. The minimum Gasteiger partial charge on any atom is -0.496 e. The standard InChI is InChI=1S/C15H18N2OS/c1-16-10-7-8-12-14(9-10)19-15(17-12)11-5-3-4-6-13(11)18-2/h3-6,10,16H,7-9H2,1-2H3. The van der Waals surface area contributed by atoms with Gasteiger partial charge in [0.05, 0.1) is 18.4 Å². The number of benzene rings is 1. The molecule has 3 rings (SSSR count). The third kappa shape index (κ3) is 2.38. The lowest BCUT2D eigenvalue weighted by Crippen LogP contribution is -2.30. The van der Waals surface area contributed by atoms with Crippen LogP contribution in [0.2, 0.25) is 0 Å². The molecule has 1 aliphatic carbocycles. The molecule has 4 heteroatoms. The Morgan fingerprint density at radius 1 is 1.37 bits per heavy atom. The Bertz CT molecular complexity index is 579. The second-order valence-electron chi connectivity index (χ2n) is 4.82. The highest BCUT2D eigenvalue weighted by atomic mass is 32.1. The first-order chi connectivity index (χ1) is 9.31. The molecule has 1 aromatic heterocycles. The monoisotopic (exact) mass is 274 g/mol. The van der Waals surface area contributed by atoms with Gasteiger partial charge in [-0.3, -0.25) is 0 Å². The van der Waals surface area contributed by atoms with Crippen LogP contribution in [0.25, 0.3) is 10.6 Å². The molecule has 0 saturated carbocycles. The summed E-state index contributed by atoms with van der Waals surface area (Å²) >= 11 is 1.81. The van der Waals surface area contributed by atoms with Crippen LogP contribution in [0.15, 0.2) is 24.3 Å². The number of nitrogens with one attached hydrogen (secondary N) is 1. The first-order valence-electron chi connectivity index (χ1n) is 6.61. The van der Waals surface area contributed by atoms with E-state index in [1.807, 2.05) is 25.2 Å². The number of aromatic nitrogens is 1. The molecule has 1 aromatic carbocycles. The number of nitrogens with zero attached hydrogens (tertiary/aromatic N) is 1. The van der Waals surface area contributed by atoms with Crippen molar-refractivity contribution in [2.45, 2.75) is 25.3 Å². The van der Waals surface area contributed by atoms with E-state index in [2.05, 4.69) is 11.4 Å². The van der Waals surface area contributed by atoms with Gasteiger partial charge >= 0.3 is 0 Å². The lowest BCUT2D eigenvalue weighted by Gasteiger charge is -2.19. The van der Waals surface area contributed by atoms with Crippen LogP contribution < -0.4 is 10.1 Å². The van der Waals surface area contributed by atoms with Crippen LogP contribution in [0.4, 0.5) is 0 Å². The van der Waals surface area contributed by atoms with Crippen LogP contribution in [0, 0.1) is 0 Å². The van der Waals surface area contributed by atoms with Crippen molar-refractivity contribution in [3.05, 3.63) is 34.8 Å². The summed E-state index contributed by atoms with van der Waals surface area (Å²) in [6, 6.07) is 8.70. The van der Waals surface area contributed by atoms with E-state index in [0.29, 0.717) is 6.04 Å². The predicted molar refractivity (Wildman–Crippen MR) is 79.0 cm³/mol. The molecule has 0 aliphatic heterocycles. The summed E-state index contributed by atoms with van der Waals surface area (Å²) in [7, 11) is 3.75. The zero-order valence-corrected chi connectivity index (χ0v) is 12.1. The van der Waals surface area contributed by atoms with E-state index >= 15 is 0 Å². The molecule has 1 atom stereocenters. The number of fused-ring (bicyclic) bond motifs is 1. The lowest BCUT2D eigenvalue weighted by molar-refractivity contribution is 0.416. The number of hydrogen-bond acceptors (Lipinski definition) is 4. The summed E-state index contributed by atoms with van der Waals surface area (Å²) in [5, 5.41) is 4.45. The van der Waals surface area contributed by atoms with Gasteiger partial charge in [-0.15, -0.1) is 11.3 Å². The number of methoxy groups -OCH3 is 1. The predicted octanol–water partition coefficient (Wildman–Crippen LogP) is 2.90. The summed E-state index contributed by atoms with van der Waals surface area (Å²) in [6.45, 7) is 0. The zero-order chi connectivity index (χ0) is 13.2. The van der Waals surface area contributed by atoms with Gasteiger partial charge in [-0.1, -0.05) is 12.1 Å². The average Bonchev–Trinajstić information content (AvgIpc) is 2.89. The maximum Gasteiger partial charge on any atom is 0.129 e. The highest BCUT2D eigenvalue weighted by molar-refractivity contribution is 7.15. The van der Waals surface area contributed by atoms with Crippen molar-refractivity contribution in [1.29, 1.82) is 0 Å². The molecule has 1 N–H and O–H groups in total. The summed E-state index contributed by atoms with van der Waals surface area (Å²) in [5.74, 6) is 0.902. The van der Waals surface area contributed by atoms with Gasteiger partial charge in [0.25, 0.3) is 0 Å². The SMILES string of the molecule is CNC1CCc2nc(-c3ccccc3OC)sc2C1. The molecule has 1 heterocycles. The summed E-state index contributed by atoms with van der Waals surface area (Å²) in [6.07, 6.45) is 3.35. The molecular formula is C15H18N2OS. The quantitative estimate of drug-likeness (QED) is 0.934. The minimum absolute atomic E-state index is 0.596. The fourth-order valence-corrected chi connectivity index (χ4v) is 3.78. The third-order valence-electron chi connectivity index (χ3n) is 3.69. The van der Waals surface area contributed by atoms with Crippen molar-refractivity contribution in [3.63, 3.8) is 0 Å². The van der Waals surface area contributed by atoms with Crippen LogP contribution in [0.5, 0.6) is 5.75 Å². The number of para-hydroxylation sites is 1. The lowest BCUT2D eigenvalue weighted by atomic mass is 9.98. The third-order valence-corrected chi connectivity index (χ3v) is 4.84. The van der Waals surface area contributed by atoms with Crippen molar-refractivity contribution >= 4 is 11.3 Å². The largest absolute Gasteiger partial charge is 0.496 e. The van der Waals surface area contributed by atoms with Gasteiger partial charge in [0, 0.05) is 10.9 Å². The maximum atomic E-state index is 5.43. The number of ether oxygens (including phenoxy) is 1. The van der Waals surface area contributed by atoms with Crippen LogP contribution in [0.3, 0.4) is 0 Å². The number of hydrogen-bond donors (Lipinski definition) is 1. The Morgan fingerprint density at radius 3 is 3.00 bits per heavy atom. The van der Waals surface area contributed by atoms with Gasteiger partial charge < -0.3 is 10.1 Å². The van der Waals surface area contributed by atoms with E-state index in [1.165, 1.54) is 17.0 Å². The molecule has 0 spiro atoms. The molecule has 1 unspecified atom stereocenters. The number of aryl methyl sites for hydroxylation is 1. The van der Waals surface area contributed by atoms with E-state index < -0.39 is 0 Å². The molecular weight excluding hydrogens is 256 g/mol. The second-order valence-corrected chi connectivity index (χ2v) is 5.90. The maximum absolute atomic E-state index is 5.43. The first-order valence-corrected chi connectivity index (χ1v) is 7.42. The number of likely N-dealkylation sites (N-methyl/N-ethyl adjacent to an activating group) is 1. The van der Waals surface area contributed by atoms with Gasteiger partial charge in [0.15, 0.2) is 0 Å². The van der Waals surface area contributed by atoms with E-state index in [4.69, 9.17) is 9.72 Å². The van der Waals surface area contributed by atoms with Crippen LogP contribution in [-0.4, -0.2) is 25.2 Å². The fourth-order valence-electron chi connectivity index (χ4n) is 2.56. The van der Waals surface area contributed by atoms with Gasteiger partial charge in [-0.05, 0) is 38.4 Å². The van der Waals surface area contributed by atoms with Crippen molar-refractivity contribution in [2.24, 2.45) is 0 Å². The van der Waals surface area contributed by atoms with E-state index in [1.54, 1.807) is 18.4 Å². The van der Waals surface area contributed by atoms with Gasteiger partial charge in [-0.2, -0.15) is 0 Å². The molecule has 0 radical (unpaired) electrons. The van der Waals surface area contributed by atoms with Crippen LogP contribution in [0.1, 0.15) is 17.0 Å². The van der Waals surface area contributed by atoms with Crippen LogP contribution in [-0.2, 0) is 12.8 Å². The van der Waals surface area contributed by atoms with Gasteiger partial charge in [-0.25, -0.2) is 4.98 Å². The van der Waals surface area contributed by atoms with Crippen LogP contribution >= 0.6 is 11.3 Å². The average molecular weight is 274 g/mol. The van der Waals surface area contributed by atoms with Gasteiger partial charge in [0.2, 0.25) is 0 Å². The van der Waals surface area contributed by atoms with E-state index in [0.717, 1.165) is 29.2 Å². The fraction of sp³-hybridized carbons (Fsp3) is 0.400. The first kappa shape index (κ1) is 12.6. The molecule has 19 heavy (non-hydrogen) atoms. The van der Waals surface area contributed by atoms with Crippen molar-refractivity contribution < 1.29 is 4.74 Å². The second kappa shape index (κ2) is 5.31. The number of rotatable bonds is 3. The Kier molecular flexibility index (Phi) is 3.53. The summed E-state index contributed by atoms with van der Waals surface area (Å²) < 4.78 is 5.43. The Labute approximate surface area is 117 Å². The van der Waals surface area contributed by atoms with Crippen molar-refractivity contribution in [2.75, 3.05) is 14.2 Å². The highest BCUT2D eigenvalue weighted by Gasteiger charge is 2.22. The molecule has 0 fully saturated rings. The molecule has 2 aromatic rings. The Balaban J connectivity index is 1.97. The normalized spacial score (nSPS) is 18.1. The van der Waals surface area contributed by atoms with Gasteiger partial charge in [0.1, 0.15) is 10.8 Å². The summed E-state index contributed by atoms with van der Waals surface area (Å²) in [4.78, 5) is 6.23. The number of thiazole rings is 1. The summed E-state index contributed by atoms with van der Waals surface area (Å²) in [5.41, 5.74) is 2.38. The molecule has 3 nitrogen and oxygen atoms in total. The molecule has 0 amide bonds.